The van der Waals surface area contributed by atoms with E-state index in [9.17, 15) is 14.7 Å². The van der Waals surface area contributed by atoms with Crippen LogP contribution >= 0.6 is 0 Å². The average Bonchev–Trinajstić information content (AvgIpc) is 2.93. The summed E-state index contributed by atoms with van der Waals surface area (Å²) in [5.41, 5.74) is 1.37. The van der Waals surface area contributed by atoms with Gasteiger partial charge in [0, 0.05) is 11.3 Å². The van der Waals surface area contributed by atoms with Gasteiger partial charge in [-0.1, -0.05) is 32.4 Å². The second kappa shape index (κ2) is 5.64. The average molecular weight is 342 g/mol. The van der Waals surface area contributed by atoms with Crippen LogP contribution < -0.4 is 0 Å². The number of rotatable bonds is 2. The Bertz CT molecular complexity index is 675. The number of carbonyl (C=O) groups is 2. The van der Waals surface area contributed by atoms with Crippen molar-refractivity contribution in [2.45, 2.75) is 52.9 Å². The van der Waals surface area contributed by atoms with Crippen molar-refractivity contribution in [2.75, 3.05) is 6.61 Å². The van der Waals surface area contributed by atoms with Crippen LogP contribution in [0.4, 0.5) is 0 Å². The molecular formula is C22H30O3. The third-order valence-electron chi connectivity index (χ3n) is 8.42. The van der Waals surface area contributed by atoms with E-state index in [4.69, 9.17) is 0 Å². The summed E-state index contributed by atoms with van der Waals surface area (Å²) in [6, 6.07) is 0. The van der Waals surface area contributed by atoms with E-state index in [0.29, 0.717) is 23.7 Å². The second-order valence-corrected chi connectivity index (χ2v) is 9.43. The number of hydrogen-bond acceptors (Lipinski definition) is 3. The first-order valence-corrected chi connectivity index (χ1v) is 9.90. The molecule has 3 nitrogen and oxygen atoms in total. The zero-order valence-corrected chi connectivity index (χ0v) is 15.6. The van der Waals surface area contributed by atoms with Gasteiger partial charge in [0.1, 0.15) is 6.61 Å². The third-order valence-corrected chi connectivity index (χ3v) is 8.42. The third kappa shape index (κ3) is 2.27. The van der Waals surface area contributed by atoms with Gasteiger partial charge in [0.05, 0.1) is 0 Å². The van der Waals surface area contributed by atoms with Crippen molar-refractivity contribution in [3.63, 3.8) is 0 Å². The van der Waals surface area contributed by atoms with Gasteiger partial charge in [-0.05, 0) is 73.3 Å². The van der Waals surface area contributed by atoms with Gasteiger partial charge in [-0.3, -0.25) is 9.59 Å². The van der Waals surface area contributed by atoms with Crippen LogP contribution in [0.15, 0.2) is 23.8 Å². The van der Waals surface area contributed by atoms with Crippen molar-refractivity contribution in [3.8, 4) is 0 Å². The Kier molecular flexibility index (Phi) is 3.88. The molecule has 0 spiro atoms. The van der Waals surface area contributed by atoms with Crippen molar-refractivity contribution in [2.24, 2.45) is 40.4 Å². The fraction of sp³-hybridized carbons (Fsp3) is 0.727. The van der Waals surface area contributed by atoms with E-state index in [1.165, 1.54) is 5.57 Å². The zero-order valence-electron chi connectivity index (χ0n) is 15.6. The highest BCUT2D eigenvalue weighted by Crippen LogP contribution is 2.66. The summed E-state index contributed by atoms with van der Waals surface area (Å²) in [6.07, 6.45) is 11.2. The summed E-state index contributed by atoms with van der Waals surface area (Å²) < 4.78 is 0. The van der Waals surface area contributed by atoms with Crippen molar-refractivity contribution >= 4 is 11.6 Å². The first kappa shape index (κ1) is 17.2. The predicted octanol–water partition coefficient (Wildman–Crippen LogP) is 3.72. The number of allylic oxidation sites excluding steroid dienone is 4. The quantitative estimate of drug-likeness (QED) is 0.832. The van der Waals surface area contributed by atoms with Crippen molar-refractivity contribution in [1.82, 2.24) is 0 Å². The molecule has 4 aliphatic rings. The molecule has 0 bridgehead atoms. The fourth-order valence-corrected chi connectivity index (χ4v) is 7.25. The molecule has 0 aromatic rings. The summed E-state index contributed by atoms with van der Waals surface area (Å²) >= 11 is 0. The predicted molar refractivity (Wildman–Crippen MR) is 96.7 cm³/mol. The smallest absolute Gasteiger partial charge is 0.178 e. The molecular weight excluding hydrogens is 312 g/mol. The molecule has 3 saturated carbocycles. The number of aliphatic hydroxyl groups excluding tert-OH is 1. The van der Waals surface area contributed by atoms with Gasteiger partial charge in [0.25, 0.3) is 0 Å². The molecule has 4 rings (SSSR count). The maximum atomic E-state index is 12.3. The lowest BCUT2D eigenvalue weighted by Gasteiger charge is -2.58. The summed E-state index contributed by atoms with van der Waals surface area (Å²) in [5, 5.41) is 9.40. The van der Waals surface area contributed by atoms with Crippen LogP contribution in [0.2, 0.25) is 0 Å². The molecule has 0 saturated heterocycles. The van der Waals surface area contributed by atoms with Crippen molar-refractivity contribution < 1.29 is 14.7 Å². The standard InChI is InChI=1S/C22H30O3/c1-13-10-15-16-4-5-18(20(25)12-23)21(16,2)9-7-17(15)22(3)8-6-14(24)11-19(13)22/h6,8,11,13,15-18,23H,4-5,7,9-10,12H2,1-3H3/t13-,15?,16?,17-,18?,21?,22?/m0/s1. The van der Waals surface area contributed by atoms with Crippen LogP contribution in [0, 0.1) is 40.4 Å². The van der Waals surface area contributed by atoms with Crippen LogP contribution in [0.1, 0.15) is 52.9 Å². The molecule has 7 atom stereocenters. The Labute approximate surface area is 150 Å². The highest BCUT2D eigenvalue weighted by Gasteiger charge is 2.60. The Hall–Kier alpha value is -1.22. The highest BCUT2D eigenvalue weighted by atomic mass is 16.3. The number of Topliss-reactive ketones (excluding diaryl/α,β-unsaturated/α-hetero) is 1. The van der Waals surface area contributed by atoms with Gasteiger partial charge in [-0.25, -0.2) is 0 Å². The zero-order chi connectivity index (χ0) is 18.0. The molecule has 136 valence electrons. The van der Waals surface area contributed by atoms with Crippen molar-refractivity contribution in [1.29, 1.82) is 0 Å². The monoisotopic (exact) mass is 342 g/mol. The molecule has 3 fully saturated rings. The van der Waals surface area contributed by atoms with E-state index in [1.54, 1.807) is 6.08 Å². The molecule has 0 aromatic heterocycles. The topological polar surface area (TPSA) is 54.4 Å². The van der Waals surface area contributed by atoms with E-state index in [1.807, 2.05) is 6.08 Å². The Morgan fingerprint density at radius 1 is 1.24 bits per heavy atom. The fourth-order valence-electron chi connectivity index (χ4n) is 7.25. The minimum atomic E-state index is -0.313. The molecule has 0 radical (unpaired) electrons. The van der Waals surface area contributed by atoms with Gasteiger partial charge in [0.15, 0.2) is 11.6 Å². The second-order valence-electron chi connectivity index (χ2n) is 9.43. The molecule has 5 unspecified atom stereocenters. The van der Waals surface area contributed by atoms with Gasteiger partial charge in [-0.15, -0.1) is 0 Å². The molecule has 0 heterocycles. The summed E-state index contributed by atoms with van der Waals surface area (Å²) in [7, 11) is 0. The molecule has 1 N–H and O–H groups in total. The van der Waals surface area contributed by atoms with Gasteiger partial charge < -0.3 is 5.11 Å². The number of aliphatic hydroxyl groups is 1. The van der Waals surface area contributed by atoms with E-state index in [0.717, 1.165) is 32.1 Å². The van der Waals surface area contributed by atoms with Crippen molar-refractivity contribution in [3.05, 3.63) is 23.8 Å². The highest BCUT2D eigenvalue weighted by molar-refractivity contribution is 6.01. The lowest BCUT2D eigenvalue weighted by molar-refractivity contribution is -0.132. The van der Waals surface area contributed by atoms with Crippen LogP contribution in [0.25, 0.3) is 0 Å². The van der Waals surface area contributed by atoms with E-state index >= 15 is 0 Å². The number of ketones is 2. The molecule has 25 heavy (non-hydrogen) atoms. The molecule has 0 aromatic carbocycles. The molecule has 4 aliphatic carbocycles. The Balaban J connectivity index is 1.70. The van der Waals surface area contributed by atoms with E-state index in [2.05, 4.69) is 26.8 Å². The Morgan fingerprint density at radius 3 is 2.72 bits per heavy atom. The van der Waals surface area contributed by atoms with E-state index < -0.39 is 0 Å². The van der Waals surface area contributed by atoms with E-state index in [-0.39, 0.29) is 34.9 Å². The van der Waals surface area contributed by atoms with Gasteiger partial charge in [-0.2, -0.15) is 0 Å². The largest absolute Gasteiger partial charge is 0.389 e. The SMILES string of the molecule is C[C@H]1CC2C3CCC(C(=O)CO)C3(C)CC[C@@H]2C2(C)C=CC(=O)C=C12. The molecule has 3 heteroatoms. The van der Waals surface area contributed by atoms with Crippen LogP contribution in [0.3, 0.4) is 0 Å². The molecule has 0 amide bonds. The van der Waals surface area contributed by atoms with Gasteiger partial charge >= 0.3 is 0 Å². The maximum absolute atomic E-state index is 12.3. The normalized spacial score (nSPS) is 48.4. The number of hydrogen-bond donors (Lipinski definition) is 1. The van der Waals surface area contributed by atoms with Crippen LogP contribution in [-0.4, -0.2) is 23.3 Å². The first-order valence-electron chi connectivity index (χ1n) is 9.90. The number of carbonyl (C=O) groups excluding carboxylic acids is 2. The van der Waals surface area contributed by atoms with Crippen LogP contribution in [0.5, 0.6) is 0 Å². The van der Waals surface area contributed by atoms with Gasteiger partial charge in [0.2, 0.25) is 0 Å². The molecule has 0 aliphatic heterocycles. The summed E-state index contributed by atoms with van der Waals surface area (Å²) in [5.74, 6) is 2.39. The lowest BCUT2D eigenvalue weighted by Crippen LogP contribution is -2.52. The lowest BCUT2D eigenvalue weighted by atomic mass is 9.46. The first-order chi connectivity index (χ1) is 11.8. The number of fused-ring (bicyclic) bond motifs is 5. The Morgan fingerprint density at radius 2 is 2.00 bits per heavy atom. The minimum Gasteiger partial charge on any atom is -0.389 e. The van der Waals surface area contributed by atoms with Crippen LogP contribution in [-0.2, 0) is 9.59 Å². The summed E-state index contributed by atoms with van der Waals surface area (Å²) in [4.78, 5) is 24.2. The minimum absolute atomic E-state index is 0.00333. The maximum Gasteiger partial charge on any atom is 0.178 e. The summed E-state index contributed by atoms with van der Waals surface area (Å²) in [6.45, 7) is 6.58.